The number of phenols is 3. The molecule has 2 heterocycles. The number of rotatable bonds is 7. The molecule has 2 aromatic carbocycles. The number of hydrogen-bond acceptors (Lipinski definition) is 6. The maximum atomic E-state index is 11.4. The third-order valence-corrected chi connectivity index (χ3v) is 6.35. The normalized spacial score (nSPS) is 17.3. The van der Waals surface area contributed by atoms with Crippen molar-refractivity contribution in [3.63, 3.8) is 0 Å². The number of phenolic OH excluding ortho intramolecular Hbond substituents is 3. The van der Waals surface area contributed by atoms with Gasteiger partial charge in [-0.2, -0.15) is 0 Å². The third-order valence-electron chi connectivity index (χ3n) is 6.35. The first-order chi connectivity index (χ1) is 16.3. The van der Waals surface area contributed by atoms with Gasteiger partial charge >= 0.3 is 0 Å². The number of furan rings is 1. The van der Waals surface area contributed by atoms with Gasteiger partial charge in [0.2, 0.25) is 0 Å². The zero-order valence-corrected chi connectivity index (χ0v) is 21.0. The zero-order valence-electron chi connectivity index (χ0n) is 21.0. The molecule has 35 heavy (non-hydrogen) atoms. The minimum atomic E-state index is -0.919. The number of allylic oxidation sites excluding steroid dienone is 2. The summed E-state index contributed by atoms with van der Waals surface area (Å²) in [5.41, 5.74) is 2.05. The van der Waals surface area contributed by atoms with Gasteiger partial charge in [-0.25, -0.2) is 0 Å². The van der Waals surface area contributed by atoms with Crippen LogP contribution in [0.25, 0.3) is 28.4 Å². The van der Waals surface area contributed by atoms with Crippen LogP contribution in [-0.4, -0.2) is 31.6 Å². The van der Waals surface area contributed by atoms with E-state index in [0.29, 0.717) is 52.0 Å². The molecule has 1 aromatic heterocycles. The first kappa shape index (κ1) is 24.7. The average molecular weight is 479 g/mol. The Kier molecular flexibility index (Phi) is 6.36. The molecule has 186 valence electrons. The van der Waals surface area contributed by atoms with Crippen molar-refractivity contribution in [1.82, 2.24) is 0 Å². The van der Waals surface area contributed by atoms with Crippen LogP contribution in [0.4, 0.5) is 0 Å². The fourth-order valence-electron chi connectivity index (χ4n) is 4.44. The standard InChI is InChI=1S/C29H34O6/c1-17(2)7-6-10-29(5)12-9-22-26-23(16-24(34-26)18-13-19(30)15-20(31)14-18)21(8-11-28(3,4)33)25(32)27(22)35-29/h7,9,12-16,30-33H,6,8,10-11H2,1-5H3/t29-/m1/s1. The van der Waals surface area contributed by atoms with Crippen LogP contribution in [0.1, 0.15) is 65.0 Å². The Morgan fingerprint density at radius 1 is 1.06 bits per heavy atom. The number of ether oxygens (including phenoxy) is 1. The van der Waals surface area contributed by atoms with Gasteiger partial charge in [0.15, 0.2) is 11.5 Å². The summed E-state index contributed by atoms with van der Waals surface area (Å²) in [6.45, 7) is 9.58. The number of aromatic hydroxyl groups is 3. The maximum absolute atomic E-state index is 11.4. The van der Waals surface area contributed by atoms with E-state index in [9.17, 15) is 20.4 Å². The van der Waals surface area contributed by atoms with E-state index >= 15 is 0 Å². The quantitative estimate of drug-likeness (QED) is 0.278. The second kappa shape index (κ2) is 9.00. The predicted molar refractivity (Wildman–Crippen MR) is 138 cm³/mol. The van der Waals surface area contributed by atoms with Crippen molar-refractivity contribution in [1.29, 1.82) is 0 Å². The molecule has 1 aliphatic heterocycles. The maximum Gasteiger partial charge on any atom is 0.173 e. The lowest BCUT2D eigenvalue weighted by molar-refractivity contribution is 0.0712. The lowest BCUT2D eigenvalue weighted by Crippen LogP contribution is -2.32. The molecule has 1 atom stereocenters. The van der Waals surface area contributed by atoms with Crippen LogP contribution >= 0.6 is 0 Å². The van der Waals surface area contributed by atoms with Crippen molar-refractivity contribution < 1.29 is 29.6 Å². The summed E-state index contributed by atoms with van der Waals surface area (Å²) in [5, 5.41) is 42.3. The highest BCUT2D eigenvalue weighted by molar-refractivity contribution is 5.97. The fraction of sp³-hybridized carbons (Fsp3) is 0.379. The molecule has 4 rings (SSSR count). The highest BCUT2D eigenvalue weighted by atomic mass is 16.5. The predicted octanol–water partition coefficient (Wildman–Crippen LogP) is 6.83. The number of fused-ring (bicyclic) bond motifs is 3. The third kappa shape index (κ3) is 5.33. The molecule has 4 N–H and O–H groups in total. The van der Waals surface area contributed by atoms with Crippen molar-refractivity contribution in [2.45, 2.75) is 71.5 Å². The molecular formula is C29H34O6. The molecule has 0 saturated heterocycles. The SMILES string of the molecule is CC(C)=CCC[C@]1(C)C=Cc2c(c(O)c(CCC(C)(C)O)c3cc(-c4cc(O)cc(O)c4)oc23)O1. The Morgan fingerprint density at radius 2 is 1.74 bits per heavy atom. The smallest absolute Gasteiger partial charge is 0.173 e. The summed E-state index contributed by atoms with van der Waals surface area (Å²) in [4.78, 5) is 0. The lowest BCUT2D eigenvalue weighted by atomic mass is 9.90. The summed E-state index contributed by atoms with van der Waals surface area (Å²) in [5.74, 6) is 0.686. The van der Waals surface area contributed by atoms with E-state index in [0.717, 1.165) is 12.8 Å². The highest BCUT2D eigenvalue weighted by Gasteiger charge is 2.33. The molecule has 0 aliphatic carbocycles. The number of hydrogen-bond donors (Lipinski definition) is 4. The molecular weight excluding hydrogens is 444 g/mol. The van der Waals surface area contributed by atoms with Crippen molar-refractivity contribution in [2.75, 3.05) is 0 Å². The van der Waals surface area contributed by atoms with Gasteiger partial charge < -0.3 is 29.6 Å². The van der Waals surface area contributed by atoms with Gasteiger partial charge in [-0.15, -0.1) is 0 Å². The van der Waals surface area contributed by atoms with Crippen LogP contribution in [-0.2, 0) is 6.42 Å². The van der Waals surface area contributed by atoms with Gasteiger partial charge in [0.25, 0.3) is 0 Å². The fourth-order valence-corrected chi connectivity index (χ4v) is 4.44. The number of benzene rings is 2. The Hall–Kier alpha value is -3.38. The first-order valence-corrected chi connectivity index (χ1v) is 11.9. The number of aryl methyl sites for hydroxylation is 1. The summed E-state index contributed by atoms with van der Waals surface area (Å²) < 4.78 is 12.6. The minimum absolute atomic E-state index is 0.0423. The van der Waals surface area contributed by atoms with E-state index in [1.165, 1.54) is 23.8 Å². The molecule has 0 radical (unpaired) electrons. The monoisotopic (exact) mass is 478 g/mol. The second-order valence-corrected chi connectivity index (χ2v) is 10.5. The molecule has 3 aromatic rings. The van der Waals surface area contributed by atoms with Gasteiger partial charge in [-0.1, -0.05) is 11.6 Å². The van der Waals surface area contributed by atoms with Crippen LogP contribution in [0.3, 0.4) is 0 Å². The zero-order chi connectivity index (χ0) is 25.5. The van der Waals surface area contributed by atoms with Crippen LogP contribution in [0, 0.1) is 0 Å². The number of aliphatic hydroxyl groups is 1. The van der Waals surface area contributed by atoms with Crippen LogP contribution < -0.4 is 4.74 Å². The average Bonchev–Trinajstić information content (AvgIpc) is 3.17. The van der Waals surface area contributed by atoms with E-state index in [1.807, 2.05) is 19.1 Å². The molecule has 1 aliphatic rings. The van der Waals surface area contributed by atoms with Gasteiger partial charge in [0.05, 0.1) is 11.2 Å². The lowest BCUT2D eigenvalue weighted by Gasteiger charge is -2.32. The van der Waals surface area contributed by atoms with Crippen LogP contribution in [0.15, 0.2) is 46.4 Å². The molecule has 6 heteroatoms. The van der Waals surface area contributed by atoms with E-state index < -0.39 is 11.2 Å². The van der Waals surface area contributed by atoms with Crippen LogP contribution in [0.5, 0.6) is 23.0 Å². The highest BCUT2D eigenvalue weighted by Crippen LogP contribution is 2.49. The first-order valence-electron chi connectivity index (χ1n) is 11.9. The summed E-state index contributed by atoms with van der Waals surface area (Å²) in [6, 6.07) is 6.06. The van der Waals surface area contributed by atoms with Crippen molar-refractivity contribution in [3.8, 4) is 34.3 Å². The van der Waals surface area contributed by atoms with Gasteiger partial charge in [0.1, 0.15) is 28.4 Å². The molecule has 0 fully saturated rings. The van der Waals surface area contributed by atoms with Crippen LogP contribution in [0.2, 0.25) is 0 Å². The van der Waals surface area contributed by atoms with E-state index in [4.69, 9.17) is 9.15 Å². The minimum Gasteiger partial charge on any atom is -0.508 e. The molecule has 0 saturated carbocycles. The molecule has 0 bridgehead atoms. The largest absolute Gasteiger partial charge is 0.508 e. The van der Waals surface area contributed by atoms with Crippen molar-refractivity contribution >= 4 is 17.0 Å². The Bertz CT molecular complexity index is 1300. The van der Waals surface area contributed by atoms with E-state index in [-0.39, 0.29) is 17.2 Å². The Morgan fingerprint density at radius 3 is 2.37 bits per heavy atom. The topological polar surface area (TPSA) is 103 Å². The molecule has 6 nitrogen and oxygen atoms in total. The van der Waals surface area contributed by atoms with Crippen molar-refractivity contribution in [2.24, 2.45) is 0 Å². The molecule has 0 amide bonds. The second-order valence-electron chi connectivity index (χ2n) is 10.5. The van der Waals surface area contributed by atoms with Gasteiger partial charge in [0, 0.05) is 22.6 Å². The van der Waals surface area contributed by atoms with Crippen molar-refractivity contribution in [3.05, 3.63) is 53.1 Å². The van der Waals surface area contributed by atoms with Gasteiger partial charge in [-0.05, 0) is 90.7 Å². The van der Waals surface area contributed by atoms with E-state index in [1.54, 1.807) is 19.9 Å². The summed E-state index contributed by atoms with van der Waals surface area (Å²) in [6.07, 6.45) is 8.51. The summed E-state index contributed by atoms with van der Waals surface area (Å²) in [7, 11) is 0. The van der Waals surface area contributed by atoms with E-state index in [2.05, 4.69) is 19.9 Å². The summed E-state index contributed by atoms with van der Waals surface area (Å²) >= 11 is 0. The molecule has 0 unspecified atom stereocenters. The Balaban J connectivity index is 1.85. The molecule has 0 spiro atoms. The Labute approximate surface area is 205 Å². The van der Waals surface area contributed by atoms with Gasteiger partial charge in [-0.3, -0.25) is 0 Å².